The number of rotatable bonds is 1. The number of nitroso groups, excluding NO2 is 1. The Labute approximate surface area is 76.7 Å². The van der Waals surface area contributed by atoms with Crippen molar-refractivity contribution in [1.82, 2.24) is 0 Å². The lowest BCUT2D eigenvalue weighted by molar-refractivity contribution is 1.47. The van der Waals surface area contributed by atoms with Crippen LogP contribution in [0.2, 0.25) is 5.02 Å². The summed E-state index contributed by atoms with van der Waals surface area (Å²) in [5.74, 6) is 0. The highest BCUT2D eigenvalue weighted by molar-refractivity contribution is 14.1. The van der Waals surface area contributed by atoms with E-state index in [0.29, 0.717) is 10.7 Å². The van der Waals surface area contributed by atoms with Gasteiger partial charge in [0.05, 0.1) is 0 Å². The van der Waals surface area contributed by atoms with Crippen LogP contribution in [-0.2, 0) is 0 Å². The number of hydrogen-bond acceptors (Lipinski definition) is 2. The van der Waals surface area contributed by atoms with E-state index in [0.717, 1.165) is 3.57 Å². The molecule has 0 aliphatic heterocycles. The Kier molecular flexibility index (Phi) is 2.62. The van der Waals surface area contributed by atoms with Crippen molar-refractivity contribution in [3.8, 4) is 0 Å². The van der Waals surface area contributed by atoms with Crippen LogP contribution < -0.4 is 0 Å². The Morgan fingerprint density at radius 2 is 2.20 bits per heavy atom. The Hall–Kier alpha value is -0.160. The summed E-state index contributed by atoms with van der Waals surface area (Å²) >= 11 is 7.62. The van der Waals surface area contributed by atoms with Gasteiger partial charge in [-0.25, -0.2) is 0 Å². The Balaban J connectivity index is 3.21. The van der Waals surface area contributed by atoms with Crippen LogP contribution in [0, 0.1) is 8.48 Å². The molecule has 0 unspecified atom stereocenters. The molecule has 0 aliphatic carbocycles. The predicted molar refractivity (Wildman–Crippen MR) is 49.6 cm³/mol. The van der Waals surface area contributed by atoms with E-state index in [2.05, 4.69) is 5.18 Å². The first kappa shape index (κ1) is 7.94. The lowest BCUT2D eigenvalue weighted by atomic mass is 10.3. The van der Waals surface area contributed by atoms with E-state index in [-0.39, 0.29) is 0 Å². The number of benzene rings is 1. The van der Waals surface area contributed by atoms with Crippen LogP contribution >= 0.6 is 34.2 Å². The molecule has 0 amide bonds. The highest BCUT2D eigenvalue weighted by Gasteiger charge is 1.98. The van der Waals surface area contributed by atoms with Crippen LogP contribution in [-0.4, -0.2) is 0 Å². The summed E-state index contributed by atoms with van der Waals surface area (Å²) in [5, 5.41) is 3.33. The van der Waals surface area contributed by atoms with Crippen LogP contribution in [0.1, 0.15) is 0 Å². The van der Waals surface area contributed by atoms with Crippen LogP contribution in [0.4, 0.5) is 5.69 Å². The first-order valence-electron chi connectivity index (χ1n) is 2.52. The standard InChI is InChI=1S/C6H3ClINO/c7-4-1-2-5(8)6(3-4)9-10/h1-3H. The topological polar surface area (TPSA) is 29.4 Å². The van der Waals surface area contributed by atoms with Gasteiger partial charge in [-0.15, -0.1) is 4.91 Å². The van der Waals surface area contributed by atoms with Gasteiger partial charge in [-0.05, 0) is 46.0 Å². The molecule has 52 valence electrons. The molecule has 2 nitrogen and oxygen atoms in total. The number of hydrogen-bond donors (Lipinski definition) is 0. The van der Waals surface area contributed by atoms with Crippen LogP contribution in [0.25, 0.3) is 0 Å². The maximum Gasteiger partial charge on any atom is 0.122 e. The van der Waals surface area contributed by atoms with Gasteiger partial charge in [-0.1, -0.05) is 11.6 Å². The molecular formula is C6H3ClINO. The van der Waals surface area contributed by atoms with Gasteiger partial charge in [0.2, 0.25) is 0 Å². The first-order valence-corrected chi connectivity index (χ1v) is 3.98. The summed E-state index contributed by atoms with van der Waals surface area (Å²) in [7, 11) is 0. The van der Waals surface area contributed by atoms with Crippen LogP contribution in [0.5, 0.6) is 0 Å². The molecule has 0 heterocycles. The predicted octanol–water partition coefficient (Wildman–Crippen LogP) is 3.34. The molecule has 0 aliphatic rings. The molecule has 0 atom stereocenters. The average Bonchev–Trinajstić information content (AvgIpc) is 1.94. The minimum absolute atomic E-state index is 0.396. The smallest absolute Gasteiger partial charge is 0.122 e. The molecule has 1 aromatic carbocycles. The van der Waals surface area contributed by atoms with Crippen molar-refractivity contribution in [2.75, 3.05) is 0 Å². The third-order valence-electron chi connectivity index (χ3n) is 1.01. The molecule has 0 radical (unpaired) electrons. The molecule has 0 N–H and O–H groups in total. The fraction of sp³-hybridized carbons (Fsp3) is 0. The minimum Gasteiger partial charge on any atom is -0.145 e. The molecule has 1 aromatic rings. The van der Waals surface area contributed by atoms with Gasteiger partial charge in [0, 0.05) is 8.59 Å². The molecule has 0 spiro atoms. The fourth-order valence-corrected chi connectivity index (χ4v) is 1.16. The molecule has 4 heteroatoms. The Morgan fingerprint density at radius 3 is 2.70 bits per heavy atom. The SMILES string of the molecule is O=Nc1cc(Cl)ccc1I. The molecule has 0 fully saturated rings. The molecule has 0 saturated carbocycles. The zero-order chi connectivity index (χ0) is 7.56. The van der Waals surface area contributed by atoms with Gasteiger partial charge in [0.15, 0.2) is 0 Å². The van der Waals surface area contributed by atoms with E-state index in [1.165, 1.54) is 6.07 Å². The third-order valence-corrected chi connectivity index (χ3v) is 2.15. The van der Waals surface area contributed by atoms with Crippen LogP contribution in [0.3, 0.4) is 0 Å². The van der Waals surface area contributed by atoms with Crippen molar-refractivity contribution in [3.05, 3.63) is 31.7 Å². The summed E-state index contributed by atoms with van der Waals surface area (Å²) in [6.07, 6.45) is 0. The molecular weight excluding hydrogens is 264 g/mol. The summed E-state index contributed by atoms with van der Waals surface area (Å²) in [6, 6.07) is 5.01. The van der Waals surface area contributed by atoms with Crippen molar-refractivity contribution in [2.45, 2.75) is 0 Å². The molecule has 1 rings (SSSR count). The lowest BCUT2D eigenvalue weighted by Crippen LogP contribution is -1.70. The largest absolute Gasteiger partial charge is 0.145 e. The molecule has 0 saturated heterocycles. The second kappa shape index (κ2) is 3.30. The monoisotopic (exact) mass is 267 g/mol. The van der Waals surface area contributed by atoms with Crippen molar-refractivity contribution in [2.24, 2.45) is 5.18 Å². The zero-order valence-electron chi connectivity index (χ0n) is 4.84. The fourth-order valence-electron chi connectivity index (χ4n) is 0.556. The number of halogens is 2. The summed E-state index contributed by atoms with van der Waals surface area (Å²) in [6.45, 7) is 0. The van der Waals surface area contributed by atoms with E-state index in [4.69, 9.17) is 11.6 Å². The first-order chi connectivity index (χ1) is 4.74. The second-order valence-corrected chi connectivity index (χ2v) is 3.29. The third kappa shape index (κ3) is 1.67. The van der Waals surface area contributed by atoms with E-state index >= 15 is 0 Å². The molecule has 0 aromatic heterocycles. The van der Waals surface area contributed by atoms with Crippen LogP contribution in [0.15, 0.2) is 23.4 Å². The lowest BCUT2D eigenvalue weighted by Gasteiger charge is -1.93. The van der Waals surface area contributed by atoms with Gasteiger partial charge >= 0.3 is 0 Å². The van der Waals surface area contributed by atoms with Crippen molar-refractivity contribution in [3.63, 3.8) is 0 Å². The normalized spacial score (nSPS) is 9.40. The Morgan fingerprint density at radius 1 is 1.50 bits per heavy atom. The highest BCUT2D eigenvalue weighted by atomic mass is 127. The average molecular weight is 267 g/mol. The zero-order valence-corrected chi connectivity index (χ0v) is 7.76. The van der Waals surface area contributed by atoms with Gasteiger partial charge < -0.3 is 0 Å². The maximum absolute atomic E-state index is 10.1. The number of nitrogens with zero attached hydrogens (tertiary/aromatic N) is 1. The van der Waals surface area contributed by atoms with E-state index in [1.807, 2.05) is 22.6 Å². The summed E-state index contributed by atoms with van der Waals surface area (Å²) in [5.41, 5.74) is 0.396. The highest BCUT2D eigenvalue weighted by Crippen LogP contribution is 2.24. The van der Waals surface area contributed by atoms with Crippen molar-refractivity contribution >= 4 is 39.9 Å². The summed E-state index contributed by atoms with van der Waals surface area (Å²) < 4.78 is 0.817. The van der Waals surface area contributed by atoms with Crippen molar-refractivity contribution in [1.29, 1.82) is 0 Å². The van der Waals surface area contributed by atoms with E-state index in [1.54, 1.807) is 12.1 Å². The van der Waals surface area contributed by atoms with Gasteiger partial charge in [0.25, 0.3) is 0 Å². The maximum atomic E-state index is 10.1. The van der Waals surface area contributed by atoms with E-state index in [9.17, 15) is 4.91 Å². The van der Waals surface area contributed by atoms with Gasteiger partial charge in [0.1, 0.15) is 5.69 Å². The Bertz CT molecular complexity index is 264. The quantitative estimate of drug-likeness (QED) is 0.567. The molecule has 0 bridgehead atoms. The summed E-state index contributed by atoms with van der Waals surface area (Å²) in [4.78, 5) is 10.1. The van der Waals surface area contributed by atoms with Gasteiger partial charge in [-0.2, -0.15) is 0 Å². The van der Waals surface area contributed by atoms with Crippen molar-refractivity contribution < 1.29 is 0 Å². The molecule has 10 heavy (non-hydrogen) atoms. The minimum atomic E-state index is 0.396. The van der Waals surface area contributed by atoms with Gasteiger partial charge in [-0.3, -0.25) is 0 Å². The second-order valence-electron chi connectivity index (χ2n) is 1.69. The van der Waals surface area contributed by atoms with E-state index < -0.39 is 0 Å².